The highest BCUT2D eigenvalue weighted by Crippen LogP contribution is 2.28. The zero-order valence-corrected chi connectivity index (χ0v) is 19.0. The Balaban J connectivity index is 1.67. The van der Waals surface area contributed by atoms with Crippen molar-refractivity contribution in [2.24, 2.45) is 0 Å². The minimum atomic E-state index is -0.415. The zero-order chi connectivity index (χ0) is 22.1. The number of hydrogen-bond acceptors (Lipinski definition) is 6. The van der Waals surface area contributed by atoms with Crippen LogP contribution in [0.5, 0.6) is 0 Å². The first kappa shape index (κ1) is 21.1. The van der Waals surface area contributed by atoms with Gasteiger partial charge in [0.1, 0.15) is 0 Å². The van der Waals surface area contributed by atoms with Crippen LogP contribution in [0.4, 0.5) is 11.5 Å². The lowest BCUT2D eigenvalue weighted by Gasteiger charge is -2.38. The van der Waals surface area contributed by atoms with Crippen LogP contribution < -0.4 is 9.80 Å². The molecule has 1 saturated heterocycles. The number of aromatic nitrogens is 2. The lowest BCUT2D eigenvalue weighted by molar-refractivity contribution is 0.0520. The van der Waals surface area contributed by atoms with Gasteiger partial charge < -0.3 is 14.5 Å². The van der Waals surface area contributed by atoms with Crippen LogP contribution in [-0.4, -0.2) is 48.7 Å². The van der Waals surface area contributed by atoms with Crippen molar-refractivity contribution in [3.63, 3.8) is 0 Å². The summed E-state index contributed by atoms with van der Waals surface area (Å²) in [7, 11) is 0. The summed E-state index contributed by atoms with van der Waals surface area (Å²) in [5.74, 6) is 0.205. The highest BCUT2D eigenvalue weighted by molar-refractivity contribution is 5.95. The molecule has 6 nitrogen and oxygen atoms in total. The third kappa shape index (κ3) is 4.07. The SMILES string of the molecule is CCOC(=O)c1nc2cc(C)c(C)cc2nc1N1CCN(c2cccc(C)c2C)CC1. The summed E-state index contributed by atoms with van der Waals surface area (Å²) in [4.78, 5) is 26.8. The first-order valence-electron chi connectivity index (χ1n) is 10.9. The Morgan fingerprint density at radius 1 is 0.903 bits per heavy atom. The van der Waals surface area contributed by atoms with E-state index in [1.54, 1.807) is 0 Å². The average molecular weight is 419 g/mol. The predicted molar refractivity (Wildman–Crippen MR) is 125 cm³/mol. The van der Waals surface area contributed by atoms with Crippen LogP contribution in [0.25, 0.3) is 11.0 Å². The summed E-state index contributed by atoms with van der Waals surface area (Å²) in [6, 6.07) is 10.5. The summed E-state index contributed by atoms with van der Waals surface area (Å²) in [5.41, 5.74) is 8.03. The third-order valence-electron chi connectivity index (χ3n) is 6.23. The van der Waals surface area contributed by atoms with Crippen LogP contribution >= 0.6 is 0 Å². The molecule has 6 heteroatoms. The molecule has 1 aliphatic heterocycles. The van der Waals surface area contributed by atoms with E-state index in [0.717, 1.165) is 48.3 Å². The Hall–Kier alpha value is -3.15. The van der Waals surface area contributed by atoms with Gasteiger partial charge in [-0.15, -0.1) is 0 Å². The molecule has 0 unspecified atom stereocenters. The van der Waals surface area contributed by atoms with Crippen LogP contribution in [0, 0.1) is 27.7 Å². The van der Waals surface area contributed by atoms with Crippen molar-refractivity contribution in [2.75, 3.05) is 42.6 Å². The number of benzene rings is 2. The maximum atomic E-state index is 12.7. The quantitative estimate of drug-likeness (QED) is 0.587. The molecule has 162 valence electrons. The van der Waals surface area contributed by atoms with Crippen LogP contribution in [-0.2, 0) is 4.74 Å². The van der Waals surface area contributed by atoms with Gasteiger partial charge in [0.2, 0.25) is 0 Å². The summed E-state index contributed by atoms with van der Waals surface area (Å²) in [6.45, 7) is 13.8. The highest BCUT2D eigenvalue weighted by Gasteiger charge is 2.26. The molecule has 1 aliphatic rings. The Labute approximate surface area is 183 Å². The Morgan fingerprint density at radius 3 is 2.16 bits per heavy atom. The smallest absolute Gasteiger partial charge is 0.360 e. The van der Waals surface area contributed by atoms with Crippen molar-refractivity contribution < 1.29 is 9.53 Å². The Bertz CT molecular complexity index is 1130. The van der Waals surface area contributed by atoms with Crippen molar-refractivity contribution in [3.8, 4) is 0 Å². The normalized spacial score (nSPS) is 14.2. The standard InChI is InChI=1S/C25H30N4O2/c1-6-31-25(30)23-24(27-21-15-18(4)17(3)14-20(21)26-23)29-12-10-28(11-13-29)22-9-7-8-16(2)19(22)5/h7-9,14-15H,6,10-13H2,1-5H3. The van der Waals surface area contributed by atoms with Crippen LogP contribution in [0.2, 0.25) is 0 Å². The monoisotopic (exact) mass is 418 g/mol. The van der Waals surface area contributed by atoms with Crippen molar-refractivity contribution in [3.05, 3.63) is 58.3 Å². The molecule has 0 spiro atoms. The molecule has 2 aromatic carbocycles. The molecule has 0 bridgehead atoms. The van der Waals surface area contributed by atoms with Gasteiger partial charge in [-0.3, -0.25) is 0 Å². The Morgan fingerprint density at radius 2 is 1.52 bits per heavy atom. The van der Waals surface area contributed by atoms with Gasteiger partial charge in [0, 0.05) is 31.9 Å². The molecule has 0 atom stereocenters. The van der Waals surface area contributed by atoms with Crippen molar-refractivity contribution in [1.82, 2.24) is 9.97 Å². The molecular weight excluding hydrogens is 388 g/mol. The van der Waals surface area contributed by atoms with Gasteiger partial charge in [-0.05, 0) is 75.1 Å². The maximum Gasteiger partial charge on any atom is 0.360 e. The van der Waals surface area contributed by atoms with E-state index in [9.17, 15) is 4.79 Å². The second-order valence-electron chi connectivity index (χ2n) is 8.23. The number of rotatable bonds is 4. The van der Waals surface area contributed by atoms with E-state index in [2.05, 4.69) is 53.8 Å². The molecule has 31 heavy (non-hydrogen) atoms. The van der Waals surface area contributed by atoms with Gasteiger partial charge in [0.15, 0.2) is 11.5 Å². The minimum Gasteiger partial charge on any atom is -0.461 e. The fourth-order valence-corrected chi connectivity index (χ4v) is 4.10. The van der Waals surface area contributed by atoms with Crippen LogP contribution in [0.15, 0.2) is 30.3 Å². The molecule has 3 aromatic rings. The van der Waals surface area contributed by atoms with Gasteiger partial charge in [-0.2, -0.15) is 0 Å². The molecule has 2 heterocycles. The predicted octanol–water partition coefficient (Wildman–Crippen LogP) is 4.37. The lowest BCUT2D eigenvalue weighted by atomic mass is 10.1. The number of ether oxygens (including phenoxy) is 1. The number of aryl methyl sites for hydroxylation is 3. The van der Waals surface area contributed by atoms with Crippen LogP contribution in [0.1, 0.15) is 39.7 Å². The van der Waals surface area contributed by atoms with Crippen LogP contribution in [0.3, 0.4) is 0 Å². The molecule has 0 saturated carbocycles. The van der Waals surface area contributed by atoms with Gasteiger partial charge >= 0.3 is 5.97 Å². The third-order valence-corrected chi connectivity index (χ3v) is 6.23. The average Bonchev–Trinajstić information content (AvgIpc) is 2.76. The molecule has 0 amide bonds. The van der Waals surface area contributed by atoms with E-state index < -0.39 is 5.97 Å². The fourth-order valence-electron chi connectivity index (χ4n) is 4.10. The molecule has 1 fully saturated rings. The summed E-state index contributed by atoms with van der Waals surface area (Å²) < 4.78 is 5.30. The number of hydrogen-bond donors (Lipinski definition) is 0. The van der Waals surface area contributed by atoms with Gasteiger partial charge in [-0.25, -0.2) is 14.8 Å². The first-order chi connectivity index (χ1) is 14.9. The van der Waals surface area contributed by atoms with Gasteiger partial charge in [0.25, 0.3) is 0 Å². The first-order valence-corrected chi connectivity index (χ1v) is 10.9. The number of carbonyl (C=O) groups excluding carboxylic acids is 1. The number of nitrogens with zero attached hydrogens (tertiary/aromatic N) is 4. The molecule has 0 radical (unpaired) electrons. The summed E-state index contributed by atoms with van der Waals surface area (Å²) in [6.07, 6.45) is 0. The van der Waals surface area contributed by atoms with E-state index >= 15 is 0 Å². The number of anilines is 2. The largest absolute Gasteiger partial charge is 0.461 e. The highest BCUT2D eigenvalue weighted by atomic mass is 16.5. The lowest BCUT2D eigenvalue weighted by Crippen LogP contribution is -2.47. The summed E-state index contributed by atoms with van der Waals surface area (Å²) >= 11 is 0. The molecular formula is C25H30N4O2. The van der Waals surface area contributed by atoms with E-state index in [1.807, 2.05) is 26.0 Å². The van der Waals surface area contributed by atoms with Gasteiger partial charge in [0.05, 0.1) is 17.6 Å². The molecule has 4 rings (SSSR count). The number of fused-ring (bicyclic) bond motifs is 1. The molecule has 0 N–H and O–H groups in total. The number of piperazine rings is 1. The topological polar surface area (TPSA) is 58.6 Å². The van der Waals surface area contributed by atoms with E-state index in [-0.39, 0.29) is 0 Å². The zero-order valence-electron chi connectivity index (χ0n) is 19.0. The van der Waals surface area contributed by atoms with E-state index in [4.69, 9.17) is 9.72 Å². The molecule has 0 aliphatic carbocycles. The van der Waals surface area contributed by atoms with Crippen molar-refractivity contribution in [2.45, 2.75) is 34.6 Å². The second-order valence-corrected chi connectivity index (χ2v) is 8.23. The second kappa shape index (κ2) is 8.53. The van der Waals surface area contributed by atoms with E-state index in [0.29, 0.717) is 18.1 Å². The van der Waals surface area contributed by atoms with Gasteiger partial charge in [-0.1, -0.05) is 12.1 Å². The van der Waals surface area contributed by atoms with Crippen molar-refractivity contribution >= 4 is 28.5 Å². The maximum absolute atomic E-state index is 12.7. The summed E-state index contributed by atoms with van der Waals surface area (Å²) in [5, 5.41) is 0. The molecule has 1 aromatic heterocycles. The minimum absolute atomic E-state index is 0.304. The number of esters is 1. The Kier molecular flexibility index (Phi) is 5.81. The fraction of sp³-hybridized carbons (Fsp3) is 0.400. The number of carbonyl (C=O) groups is 1. The van der Waals surface area contributed by atoms with Crippen molar-refractivity contribution in [1.29, 1.82) is 0 Å². The van der Waals surface area contributed by atoms with E-state index in [1.165, 1.54) is 16.8 Å².